The van der Waals surface area contributed by atoms with E-state index in [4.69, 9.17) is 15.3 Å². The lowest BCUT2D eigenvalue weighted by atomic mass is 10.2. The van der Waals surface area contributed by atoms with Crippen molar-refractivity contribution in [2.24, 2.45) is 0 Å². The molecule has 0 N–H and O–H groups in total. The standard InChI is InChI=1S/C11H16N2O4S/c1-3-9(6-15-7-12)17-11(14)10(16-8-13)4-5-18-2/h9-10H,3-6H2,1-2H3/t9-,10?/m0/s1. The van der Waals surface area contributed by atoms with Crippen LogP contribution in [0.4, 0.5) is 0 Å². The van der Waals surface area contributed by atoms with E-state index in [1.165, 1.54) is 12.5 Å². The van der Waals surface area contributed by atoms with Crippen LogP contribution in [0.25, 0.3) is 0 Å². The quantitative estimate of drug-likeness (QED) is 0.463. The highest BCUT2D eigenvalue weighted by Gasteiger charge is 2.24. The average Bonchev–Trinajstić information content (AvgIpc) is 2.39. The van der Waals surface area contributed by atoms with Crippen LogP contribution in [0.1, 0.15) is 19.8 Å². The van der Waals surface area contributed by atoms with E-state index in [0.717, 1.165) is 0 Å². The lowest BCUT2D eigenvalue weighted by Crippen LogP contribution is -2.31. The Balaban J connectivity index is 4.29. The molecule has 0 spiro atoms. The van der Waals surface area contributed by atoms with Crippen LogP contribution < -0.4 is 0 Å². The van der Waals surface area contributed by atoms with Gasteiger partial charge in [0.05, 0.1) is 0 Å². The van der Waals surface area contributed by atoms with E-state index in [2.05, 4.69) is 9.47 Å². The zero-order valence-electron chi connectivity index (χ0n) is 10.4. The summed E-state index contributed by atoms with van der Waals surface area (Å²) in [5.41, 5.74) is 0. The van der Waals surface area contributed by atoms with Crippen LogP contribution in [0.15, 0.2) is 0 Å². The molecule has 0 fully saturated rings. The van der Waals surface area contributed by atoms with Crippen molar-refractivity contribution in [2.75, 3.05) is 18.6 Å². The number of nitriles is 2. The number of carbonyl (C=O) groups excluding carboxylic acids is 1. The molecule has 0 aliphatic carbocycles. The number of hydrogen-bond donors (Lipinski definition) is 0. The van der Waals surface area contributed by atoms with Gasteiger partial charge in [0.1, 0.15) is 12.7 Å². The summed E-state index contributed by atoms with van der Waals surface area (Å²) in [7, 11) is 0. The molecule has 0 aromatic heterocycles. The minimum absolute atomic E-state index is 0.0144. The largest absolute Gasteiger partial charge is 0.456 e. The highest BCUT2D eigenvalue weighted by atomic mass is 32.2. The number of rotatable bonds is 9. The molecular weight excluding hydrogens is 256 g/mol. The van der Waals surface area contributed by atoms with E-state index >= 15 is 0 Å². The summed E-state index contributed by atoms with van der Waals surface area (Å²) in [4.78, 5) is 11.7. The summed E-state index contributed by atoms with van der Waals surface area (Å²) in [6, 6.07) is 0. The van der Waals surface area contributed by atoms with Crippen LogP contribution in [-0.4, -0.2) is 36.8 Å². The van der Waals surface area contributed by atoms with Crippen LogP contribution in [0.3, 0.4) is 0 Å². The van der Waals surface area contributed by atoms with Crippen LogP contribution >= 0.6 is 11.8 Å². The first kappa shape index (κ1) is 16.4. The van der Waals surface area contributed by atoms with Crippen molar-refractivity contribution in [3.63, 3.8) is 0 Å². The Hall–Kier alpha value is -1.60. The maximum absolute atomic E-state index is 11.7. The van der Waals surface area contributed by atoms with Gasteiger partial charge in [0.15, 0.2) is 0 Å². The van der Waals surface area contributed by atoms with Gasteiger partial charge in [0.2, 0.25) is 6.10 Å². The summed E-state index contributed by atoms with van der Waals surface area (Å²) >= 11 is 1.55. The number of nitrogens with zero attached hydrogens (tertiary/aromatic N) is 2. The molecular formula is C11H16N2O4S. The Morgan fingerprint density at radius 2 is 2.11 bits per heavy atom. The third kappa shape index (κ3) is 6.87. The van der Waals surface area contributed by atoms with Crippen molar-refractivity contribution >= 4 is 17.7 Å². The lowest BCUT2D eigenvalue weighted by molar-refractivity contribution is -0.161. The van der Waals surface area contributed by atoms with Gasteiger partial charge in [-0.1, -0.05) is 6.92 Å². The predicted molar refractivity (Wildman–Crippen MR) is 65.2 cm³/mol. The van der Waals surface area contributed by atoms with E-state index in [-0.39, 0.29) is 6.61 Å². The maximum Gasteiger partial charge on any atom is 0.348 e. The summed E-state index contributed by atoms with van der Waals surface area (Å²) in [5.74, 6) is 0.0893. The minimum Gasteiger partial charge on any atom is -0.456 e. The van der Waals surface area contributed by atoms with Crippen molar-refractivity contribution in [2.45, 2.75) is 32.0 Å². The molecule has 0 rings (SSSR count). The van der Waals surface area contributed by atoms with E-state index in [0.29, 0.717) is 18.6 Å². The first-order valence-electron chi connectivity index (χ1n) is 5.44. The van der Waals surface area contributed by atoms with Gasteiger partial charge in [-0.3, -0.25) is 0 Å². The Labute approximate surface area is 111 Å². The first-order chi connectivity index (χ1) is 8.69. The Morgan fingerprint density at radius 3 is 2.61 bits per heavy atom. The normalized spacial score (nSPS) is 12.7. The third-order valence-electron chi connectivity index (χ3n) is 2.11. The lowest BCUT2D eigenvalue weighted by Gasteiger charge is -2.18. The molecule has 18 heavy (non-hydrogen) atoms. The summed E-state index contributed by atoms with van der Waals surface area (Å²) < 4.78 is 14.3. The van der Waals surface area contributed by atoms with Crippen LogP contribution in [-0.2, 0) is 19.0 Å². The molecule has 0 bridgehead atoms. The van der Waals surface area contributed by atoms with Gasteiger partial charge >= 0.3 is 5.97 Å². The topological polar surface area (TPSA) is 92.3 Å². The molecule has 100 valence electrons. The monoisotopic (exact) mass is 272 g/mol. The number of hydrogen-bond acceptors (Lipinski definition) is 7. The molecule has 0 aromatic rings. The van der Waals surface area contributed by atoms with Gasteiger partial charge in [0.25, 0.3) is 12.5 Å². The van der Waals surface area contributed by atoms with Crippen molar-refractivity contribution in [3.05, 3.63) is 0 Å². The fraction of sp³-hybridized carbons (Fsp3) is 0.727. The van der Waals surface area contributed by atoms with E-state index < -0.39 is 18.2 Å². The SMILES string of the molecule is CC[C@@H](COC#N)OC(=O)C(CCSC)OC#N. The second-order valence-electron chi connectivity index (χ2n) is 3.35. The first-order valence-corrected chi connectivity index (χ1v) is 6.84. The summed E-state index contributed by atoms with van der Waals surface area (Å²) in [6.07, 6.45) is 4.44. The van der Waals surface area contributed by atoms with Crippen LogP contribution in [0, 0.1) is 23.0 Å². The Bertz CT molecular complexity index is 324. The van der Waals surface area contributed by atoms with Crippen LogP contribution in [0.5, 0.6) is 0 Å². The van der Waals surface area contributed by atoms with Crippen LogP contribution in [0.2, 0.25) is 0 Å². The molecule has 7 heteroatoms. The van der Waals surface area contributed by atoms with Gasteiger partial charge in [0, 0.05) is 6.42 Å². The summed E-state index contributed by atoms with van der Waals surface area (Å²) in [6.45, 7) is 1.82. The molecule has 0 radical (unpaired) electrons. The molecule has 0 aliphatic rings. The molecule has 6 nitrogen and oxygen atoms in total. The number of thioether (sulfide) groups is 1. The number of ether oxygens (including phenoxy) is 3. The maximum atomic E-state index is 11.7. The number of carbonyl (C=O) groups is 1. The Morgan fingerprint density at radius 1 is 1.39 bits per heavy atom. The summed E-state index contributed by atoms with van der Waals surface area (Å²) in [5, 5.41) is 16.7. The molecule has 0 aromatic carbocycles. The van der Waals surface area contributed by atoms with E-state index in [9.17, 15) is 4.79 Å². The van der Waals surface area contributed by atoms with Crippen molar-refractivity contribution < 1.29 is 19.0 Å². The second kappa shape index (κ2) is 10.5. The highest BCUT2D eigenvalue weighted by molar-refractivity contribution is 7.98. The van der Waals surface area contributed by atoms with Gasteiger partial charge in [-0.25, -0.2) is 4.79 Å². The predicted octanol–water partition coefficient (Wildman–Crippen LogP) is 1.43. The molecule has 0 amide bonds. The Kier molecular flexibility index (Phi) is 9.61. The molecule has 0 aliphatic heterocycles. The molecule has 0 heterocycles. The van der Waals surface area contributed by atoms with Crippen molar-refractivity contribution in [1.29, 1.82) is 10.5 Å². The highest BCUT2D eigenvalue weighted by Crippen LogP contribution is 2.09. The number of esters is 1. The average molecular weight is 272 g/mol. The van der Waals surface area contributed by atoms with Gasteiger partial charge in [-0.15, -0.1) is 0 Å². The third-order valence-corrected chi connectivity index (χ3v) is 2.76. The minimum atomic E-state index is -0.890. The van der Waals surface area contributed by atoms with Crippen molar-refractivity contribution in [1.82, 2.24) is 0 Å². The smallest absolute Gasteiger partial charge is 0.348 e. The van der Waals surface area contributed by atoms with Gasteiger partial charge < -0.3 is 14.2 Å². The van der Waals surface area contributed by atoms with Gasteiger partial charge in [-0.2, -0.15) is 22.3 Å². The van der Waals surface area contributed by atoms with Gasteiger partial charge in [-0.05, 0) is 18.4 Å². The van der Waals surface area contributed by atoms with E-state index in [1.54, 1.807) is 18.7 Å². The zero-order valence-corrected chi connectivity index (χ0v) is 11.2. The molecule has 1 unspecified atom stereocenters. The second-order valence-corrected chi connectivity index (χ2v) is 4.33. The fourth-order valence-electron chi connectivity index (χ4n) is 1.12. The zero-order chi connectivity index (χ0) is 13.8. The fourth-order valence-corrected chi connectivity index (χ4v) is 1.57. The van der Waals surface area contributed by atoms with E-state index in [1.807, 2.05) is 6.26 Å². The van der Waals surface area contributed by atoms with Crippen molar-refractivity contribution in [3.8, 4) is 12.5 Å². The molecule has 0 saturated carbocycles. The molecule has 0 saturated heterocycles. The molecule has 2 atom stereocenters.